The predicted molar refractivity (Wildman–Crippen MR) is 172 cm³/mol. The third-order valence-electron chi connectivity index (χ3n) is 7.58. The molecule has 1 aliphatic heterocycles. The smallest absolute Gasteiger partial charge is 0.408 e. The molecule has 10 nitrogen and oxygen atoms in total. The van der Waals surface area contributed by atoms with Gasteiger partial charge >= 0.3 is 12.1 Å². The van der Waals surface area contributed by atoms with Gasteiger partial charge in [-0.1, -0.05) is 103 Å². The molecule has 1 aliphatic rings. The number of nitrogens with one attached hydrogen (secondary N) is 2. The van der Waals surface area contributed by atoms with Crippen LogP contribution in [0.5, 0.6) is 0 Å². The minimum absolute atomic E-state index is 0.0444. The lowest BCUT2D eigenvalue weighted by Crippen LogP contribution is -2.47. The number of aliphatic hydroxyl groups excluding tert-OH is 1. The van der Waals surface area contributed by atoms with E-state index in [9.17, 15) is 24.3 Å². The van der Waals surface area contributed by atoms with Crippen LogP contribution in [0.25, 0.3) is 0 Å². The van der Waals surface area contributed by atoms with E-state index in [0.29, 0.717) is 13.0 Å². The van der Waals surface area contributed by atoms with Gasteiger partial charge in [0.15, 0.2) is 0 Å². The number of ether oxygens (including phenoxy) is 2. The van der Waals surface area contributed by atoms with Crippen LogP contribution in [0.15, 0.2) is 103 Å². The highest BCUT2D eigenvalue weighted by Gasteiger charge is 2.29. The van der Waals surface area contributed by atoms with Gasteiger partial charge in [-0.2, -0.15) is 0 Å². The summed E-state index contributed by atoms with van der Waals surface area (Å²) in [5, 5.41) is 15.2. The molecule has 0 unspecified atom stereocenters. The number of rotatable bonds is 11. The zero-order valence-corrected chi connectivity index (χ0v) is 25.8. The lowest BCUT2D eigenvalue weighted by molar-refractivity contribution is -0.147. The quantitative estimate of drug-likeness (QED) is 0.217. The Hall–Kier alpha value is -4.96. The van der Waals surface area contributed by atoms with Crippen molar-refractivity contribution in [2.45, 2.75) is 50.9 Å². The van der Waals surface area contributed by atoms with Crippen LogP contribution in [-0.4, -0.2) is 65.7 Å². The van der Waals surface area contributed by atoms with E-state index in [1.165, 1.54) is 0 Å². The first kappa shape index (κ1) is 33.9. The molecule has 3 atom stereocenters. The molecular formula is C36H41N3O7. The average molecular weight is 628 g/mol. The van der Waals surface area contributed by atoms with Crippen LogP contribution in [0.3, 0.4) is 0 Å². The highest BCUT2D eigenvalue weighted by molar-refractivity contribution is 5.86. The van der Waals surface area contributed by atoms with Gasteiger partial charge in [0.25, 0.3) is 0 Å². The van der Waals surface area contributed by atoms with Gasteiger partial charge < -0.3 is 30.1 Å². The number of hydrogen-bond donors (Lipinski definition) is 3. The Bertz CT molecular complexity index is 1430. The number of hydrogen-bond acceptors (Lipinski definition) is 7. The van der Waals surface area contributed by atoms with Gasteiger partial charge in [0.05, 0.1) is 18.6 Å². The van der Waals surface area contributed by atoms with Crippen LogP contribution in [-0.2, 0) is 43.4 Å². The summed E-state index contributed by atoms with van der Waals surface area (Å²) in [7, 11) is 0. The minimum atomic E-state index is -1.02. The van der Waals surface area contributed by atoms with Crippen LogP contribution >= 0.6 is 0 Å². The monoisotopic (exact) mass is 627 g/mol. The molecule has 0 saturated carbocycles. The largest absolute Gasteiger partial charge is 0.462 e. The van der Waals surface area contributed by atoms with Gasteiger partial charge in [0.2, 0.25) is 11.8 Å². The molecular weight excluding hydrogens is 586 g/mol. The average Bonchev–Trinajstić information content (AvgIpc) is 3.07. The van der Waals surface area contributed by atoms with Gasteiger partial charge in [0, 0.05) is 19.5 Å². The van der Waals surface area contributed by atoms with Crippen molar-refractivity contribution in [2.75, 3.05) is 19.8 Å². The summed E-state index contributed by atoms with van der Waals surface area (Å²) in [6, 6.07) is 26.5. The molecule has 3 amide bonds. The number of carbonyl (C=O) groups is 4. The number of esters is 1. The number of nitrogens with zero attached hydrogens (tertiary/aromatic N) is 1. The number of alkyl carbamates (subject to hydrolysis) is 1. The molecule has 0 saturated heterocycles. The summed E-state index contributed by atoms with van der Waals surface area (Å²) < 4.78 is 10.9. The number of amides is 3. The molecule has 0 fully saturated rings. The molecule has 3 aromatic carbocycles. The summed E-state index contributed by atoms with van der Waals surface area (Å²) in [5.74, 6) is -1.96. The maximum absolute atomic E-state index is 13.6. The molecule has 3 aromatic rings. The third-order valence-corrected chi connectivity index (χ3v) is 7.58. The number of carbonyl (C=O) groups excluding carboxylic acids is 4. The van der Waals surface area contributed by atoms with Crippen LogP contribution in [0, 0.1) is 5.92 Å². The van der Waals surface area contributed by atoms with Crippen LogP contribution < -0.4 is 10.6 Å². The topological polar surface area (TPSA) is 134 Å². The van der Waals surface area contributed by atoms with Crippen molar-refractivity contribution in [3.63, 3.8) is 0 Å². The molecule has 0 aliphatic carbocycles. The fourth-order valence-electron chi connectivity index (χ4n) is 5.11. The number of allylic oxidation sites excluding steroid dienone is 1. The first-order valence-corrected chi connectivity index (χ1v) is 15.5. The molecule has 242 valence electrons. The molecule has 3 N–H and O–H groups in total. The second-order valence-corrected chi connectivity index (χ2v) is 11.2. The van der Waals surface area contributed by atoms with E-state index in [-0.39, 0.29) is 57.4 Å². The van der Waals surface area contributed by atoms with Crippen molar-refractivity contribution >= 4 is 23.9 Å². The van der Waals surface area contributed by atoms with Crippen molar-refractivity contribution < 1.29 is 33.8 Å². The summed E-state index contributed by atoms with van der Waals surface area (Å²) in [5.41, 5.74) is 2.65. The van der Waals surface area contributed by atoms with Crippen molar-refractivity contribution in [1.82, 2.24) is 15.5 Å². The van der Waals surface area contributed by atoms with E-state index >= 15 is 0 Å². The van der Waals surface area contributed by atoms with E-state index in [2.05, 4.69) is 10.6 Å². The first-order chi connectivity index (χ1) is 22.4. The lowest BCUT2D eigenvalue weighted by Gasteiger charge is -2.26. The Labute approximate surface area is 269 Å². The number of cyclic esters (lactones) is 1. The van der Waals surface area contributed by atoms with E-state index in [1.54, 1.807) is 17.1 Å². The maximum Gasteiger partial charge on any atom is 0.408 e. The van der Waals surface area contributed by atoms with Crippen molar-refractivity contribution in [2.24, 2.45) is 5.92 Å². The van der Waals surface area contributed by atoms with E-state index in [4.69, 9.17) is 9.47 Å². The third kappa shape index (κ3) is 11.2. The van der Waals surface area contributed by atoms with Crippen molar-refractivity contribution in [3.8, 4) is 0 Å². The Kier molecular flexibility index (Phi) is 13.4. The van der Waals surface area contributed by atoms with Crippen LogP contribution in [0.2, 0.25) is 0 Å². The van der Waals surface area contributed by atoms with Crippen LogP contribution in [0.1, 0.15) is 36.0 Å². The molecule has 1 heterocycles. The van der Waals surface area contributed by atoms with Crippen LogP contribution in [0.4, 0.5) is 4.79 Å². The van der Waals surface area contributed by atoms with Crippen molar-refractivity contribution in [1.29, 1.82) is 0 Å². The molecule has 4 rings (SSSR count). The molecule has 10 heteroatoms. The maximum atomic E-state index is 13.6. The molecule has 0 aromatic heterocycles. The van der Waals surface area contributed by atoms with Crippen molar-refractivity contribution in [3.05, 3.63) is 120 Å². The predicted octanol–water partition coefficient (Wildman–Crippen LogP) is 3.93. The second-order valence-electron chi connectivity index (χ2n) is 11.2. The molecule has 0 spiro atoms. The van der Waals surface area contributed by atoms with E-state index < -0.39 is 30.1 Å². The second kappa shape index (κ2) is 18.1. The zero-order valence-electron chi connectivity index (χ0n) is 25.8. The summed E-state index contributed by atoms with van der Waals surface area (Å²) in [4.78, 5) is 54.3. The number of aliphatic hydroxyl groups is 1. The van der Waals surface area contributed by atoms with E-state index in [1.807, 2.05) is 91.0 Å². The minimum Gasteiger partial charge on any atom is -0.462 e. The Balaban J connectivity index is 1.48. The Morgan fingerprint density at radius 3 is 2.13 bits per heavy atom. The normalized spacial score (nSPS) is 18.7. The molecule has 46 heavy (non-hydrogen) atoms. The standard InChI is InChI=1S/C36H41N3O7/c40-21-20-39(24-28-14-6-2-7-15-28)33(41)23-30-18-10-11-19-32(38-36(44)46-25-29-16-8-3-9-17-29)35(43)45-26-31(37-34(30)42)22-27-12-4-1-5-13-27/h1-17,30-32,40H,18-26H2,(H,37,42)(H,38,44)/t30-,31+,32-/m1/s1. The molecule has 0 radical (unpaired) electrons. The highest BCUT2D eigenvalue weighted by Crippen LogP contribution is 2.17. The summed E-state index contributed by atoms with van der Waals surface area (Å²) in [6.07, 6.45) is 3.31. The highest BCUT2D eigenvalue weighted by atomic mass is 16.6. The summed E-state index contributed by atoms with van der Waals surface area (Å²) >= 11 is 0. The Morgan fingerprint density at radius 2 is 1.48 bits per heavy atom. The van der Waals surface area contributed by atoms with Gasteiger partial charge in [0.1, 0.15) is 19.3 Å². The van der Waals surface area contributed by atoms with Gasteiger partial charge in [-0.15, -0.1) is 0 Å². The zero-order chi connectivity index (χ0) is 32.6. The number of benzene rings is 3. The SMILES string of the molecule is O=C(N[C@@H]1CC=CC[C@H](CC(=O)N(CCO)Cc2ccccc2)C(=O)N[C@@H](Cc2ccccc2)COC1=O)OCc1ccccc1. The fourth-order valence-corrected chi connectivity index (χ4v) is 5.11. The van der Waals surface area contributed by atoms with Gasteiger partial charge in [-0.05, 0) is 36.0 Å². The summed E-state index contributed by atoms with van der Waals surface area (Å²) in [6.45, 7) is 0.152. The Morgan fingerprint density at radius 1 is 0.870 bits per heavy atom. The van der Waals surface area contributed by atoms with Gasteiger partial charge in [-0.3, -0.25) is 9.59 Å². The molecule has 0 bridgehead atoms. The first-order valence-electron chi connectivity index (χ1n) is 15.5. The van der Waals surface area contributed by atoms with Gasteiger partial charge in [-0.25, -0.2) is 9.59 Å². The van der Waals surface area contributed by atoms with E-state index in [0.717, 1.165) is 16.7 Å². The fraction of sp³-hybridized carbons (Fsp3) is 0.333. The lowest BCUT2D eigenvalue weighted by atomic mass is 9.97.